The molecule has 112 valence electrons. The van der Waals surface area contributed by atoms with E-state index in [9.17, 15) is 4.79 Å². The van der Waals surface area contributed by atoms with E-state index in [0.29, 0.717) is 11.4 Å². The van der Waals surface area contributed by atoms with Crippen LogP contribution in [0.2, 0.25) is 0 Å². The fraction of sp³-hybridized carbons (Fsp3) is 0.286. The molecule has 7 heteroatoms. The highest BCUT2D eigenvalue weighted by molar-refractivity contribution is 9.10. The third-order valence-electron chi connectivity index (χ3n) is 2.90. The molecule has 0 aliphatic carbocycles. The predicted molar refractivity (Wildman–Crippen MR) is 81.8 cm³/mol. The van der Waals surface area contributed by atoms with Gasteiger partial charge in [0.15, 0.2) is 6.61 Å². The number of rotatable bonds is 5. The summed E-state index contributed by atoms with van der Waals surface area (Å²) in [6, 6.07) is 6.98. The Morgan fingerprint density at radius 2 is 2.14 bits per heavy atom. The minimum atomic E-state index is -0.469. The van der Waals surface area contributed by atoms with Crippen LogP contribution in [0.3, 0.4) is 0 Å². The first-order valence-electron chi connectivity index (χ1n) is 6.30. The summed E-state index contributed by atoms with van der Waals surface area (Å²) >= 11 is 3.41. The maximum atomic E-state index is 11.7. The second-order valence-electron chi connectivity index (χ2n) is 4.46. The Hall–Kier alpha value is -2.02. The van der Waals surface area contributed by atoms with Crippen molar-refractivity contribution in [3.63, 3.8) is 0 Å². The van der Waals surface area contributed by atoms with Gasteiger partial charge in [-0.2, -0.15) is 5.10 Å². The molecular weight excluding hydrogens is 338 g/mol. The molecule has 0 amide bonds. The summed E-state index contributed by atoms with van der Waals surface area (Å²) in [5.74, 6) is -0.00369. The van der Waals surface area contributed by atoms with E-state index in [1.165, 1.54) is 0 Å². The van der Waals surface area contributed by atoms with Crippen LogP contribution in [-0.2, 0) is 23.2 Å². The molecule has 0 radical (unpaired) electrons. The Morgan fingerprint density at radius 1 is 1.43 bits per heavy atom. The van der Waals surface area contributed by atoms with Gasteiger partial charge in [0, 0.05) is 7.05 Å². The van der Waals surface area contributed by atoms with Gasteiger partial charge >= 0.3 is 5.97 Å². The summed E-state index contributed by atoms with van der Waals surface area (Å²) in [5, 5.41) is 4.22. The third-order valence-corrected chi connectivity index (χ3v) is 3.93. The molecule has 1 aromatic carbocycles. The van der Waals surface area contributed by atoms with E-state index in [1.807, 2.05) is 6.92 Å². The van der Waals surface area contributed by atoms with Crippen molar-refractivity contribution in [3.05, 3.63) is 40.1 Å². The van der Waals surface area contributed by atoms with Crippen molar-refractivity contribution in [3.8, 4) is 5.75 Å². The lowest BCUT2D eigenvalue weighted by Gasteiger charge is -2.09. The summed E-state index contributed by atoms with van der Waals surface area (Å²) < 4.78 is 13.0. The van der Waals surface area contributed by atoms with Crippen LogP contribution >= 0.6 is 15.9 Å². The molecule has 0 spiro atoms. The number of aryl methyl sites for hydroxylation is 2. The molecule has 2 aromatic rings. The second-order valence-corrected chi connectivity index (χ2v) is 5.25. The Kier molecular flexibility index (Phi) is 4.85. The fourth-order valence-corrected chi connectivity index (χ4v) is 2.23. The highest BCUT2D eigenvalue weighted by atomic mass is 79.9. The molecule has 2 N–H and O–H groups in total. The van der Waals surface area contributed by atoms with Crippen LogP contribution in [-0.4, -0.2) is 22.4 Å². The highest BCUT2D eigenvalue weighted by Gasteiger charge is 2.13. The van der Waals surface area contributed by atoms with Crippen molar-refractivity contribution in [2.24, 2.45) is 7.05 Å². The standard InChI is InChI=1S/C14H16BrN3O3/c1-9-14(15)11(18(2)17-9)7-21-13(19)8-20-12-6-4-3-5-10(12)16/h3-6H,7-8,16H2,1-2H3. The van der Waals surface area contributed by atoms with E-state index < -0.39 is 5.97 Å². The van der Waals surface area contributed by atoms with Gasteiger partial charge in [0.2, 0.25) is 0 Å². The first-order valence-corrected chi connectivity index (χ1v) is 7.09. The number of nitrogen functional groups attached to an aromatic ring is 1. The Balaban J connectivity index is 1.87. The molecule has 0 fully saturated rings. The van der Waals surface area contributed by atoms with E-state index in [0.717, 1.165) is 15.9 Å². The highest BCUT2D eigenvalue weighted by Crippen LogP contribution is 2.21. The summed E-state index contributed by atoms with van der Waals surface area (Å²) in [7, 11) is 1.79. The Morgan fingerprint density at radius 3 is 2.76 bits per heavy atom. The molecule has 0 bridgehead atoms. The van der Waals surface area contributed by atoms with Crippen LogP contribution in [0.15, 0.2) is 28.7 Å². The molecule has 2 rings (SSSR count). The molecule has 0 aliphatic heterocycles. The van der Waals surface area contributed by atoms with Gasteiger partial charge in [-0.05, 0) is 35.0 Å². The number of aromatic nitrogens is 2. The number of carbonyl (C=O) groups excluding carboxylic acids is 1. The average Bonchev–Trinajstić information content (AvgIpc) is 2.69. The molecule has 0 unspecified atom stereocenters. The number of ether oxygens (including phenoxy) is 2. The number of hydrogen-bond acceptors (Lipinski definition) is 5. The Bertz CT molecular complexity index is 655. The predicted octanol–water partition coefficient (Wildman–Crippen LogP) is 2.20. The van der Waals surface area contributed by atoms with Gasteiger partial charge in [-0.1, -0.05) is 12.1 Å². The van der Waals surface area contributed by atoms with Crippen LogP contribution in [0.25, 0.3) is 0 Å². The molecule has 21 heavy (non-hydrogen) atoms. The molecule has 0 saturated carbocycles. The topological polar surface area (TPSA) is 79.4 Å². The number of nitrogens with two attached hydrogens (primary N) is 1. The number of halogens is 1. The molecule has 1 aromatic heterocycles. The van der Waals surface area contributed by atoms with Crippen molar-refractivity contribution in [1.82, 2.24) is 9.78 Å². The normalized spacial score (nSPS) is 10.4. The molecule has 0 aliphatic rings. The summed E-state index contributed by atoms with van der Waals surface area (Å²) in [4.78, 5) is 11.7. The maximum Gasteiger partial charge on any atom is 0.344 e. The van der Waals surface area contributed by atoms with Crippen molar-refractivity contribution in [1.29, 1.82) is 0 Å². The summed E-state index contributed by atoms with van der Waals surface area (Å²) in [5.41, 5.74) is 7.84. The lowest BCUT2D eigenvalue weighted by Crippen LogP contribution is -2.16. The first kappa shape index (κ1) is 15.4. The zero-order valence-corrected chi connectivity index (χ0v) is 13.4. The van der Waals surface area contributed by atoms with Crippen LogP contribution in [0.1, 0.15) is 11.4 Å². The van der Waals surface area contributed by atoms with E-state index >= 15 is 0 Å². The number of carbonyl (C=O) groups is 1. The average molecular weight is 354 g/mol. The lowest BCUT2D eigenvalue weighted by molar-refractivity contribution is -0.147. The zero-order valence-electron chi connectivity index (χ0n) is 11.8. The number of anilines is 1. The number of hydrogen-bond donors (Lipinski definition) is 1. The van der Waals surface area contributed by atoms with Gasteiger partial charge in [0.1, 0.15) is 12.4 Å². The SMILES string of the molecule is Cc1nn(C)c(COC(=O)COc2ccccc2N)c1Br. The quantitative estimate of drug-likeness (QED) is 0.658. The van der Waals surface area contributed by atoms with Gasteiger partial charge in [-0.3, -0.25) is 4.68 Å². The molecule has 0 atom stereocenters. The number of nitrogens with zero attached hydrogens (tertiary/aromatic N) is 2. The molecular formula is C14H16BrN3O3. The van der Waals surface area contributed by atoms with Gasteiger partial charge in [-0.25, -0.2) is 4.79 Å². The summed E-state index contributed by atoms with van der Waals surface area (Å²) in [6.45, 7) is 1.81. The summed E-state index contributed by atoms with van der Waals surface area (Å²) in [6.07, 6.45) is 0. The number of esters is 1. The molecule has 6 nitrogen and oxygen atoms in total. The minimum absolute atomic E-state index is 0.129. The monoisotopic (exact) mass is 353 g/mol. The smallest absolute Gasteiger partial charge is 0.344 e. The van der Waals surface area contributed by atoms with Gasteiger partial charge < -0.3 is 15.2 Å². The van der Waals surface area contributed by atoms with Crippen LogP contribution in [0.5, 0.6) is 5.75 Å². The Labute approximate surface area is 131 Å². The third kappa shape index (κ3) is 3.75. The van der Waals surface area contributed by atoms with Crippen molar-refractivity contribution >= 4 is 27.6 Å². The molecule has 0 saturated heterocycles. The largest absolute Gasteiger partial charge is 0.480 e. The van der Waals surface area contributed by atoms with Crippen molar-refractivity contribution < 1.29 is 14.3 Å². The second kappa shape index (κ2) is 6.62. The molecule has 1 heterocycles. The van der Waals surface area contributed by atoms with E-state index in [1.54, 1.807) is 36.0 Å². The van der Waals surface area contributed by atoms with Gasteiger partial charge in [-0.15, -0.1) is 0 Å². The van der Waals surface area contributed by atoms with E-state index in [-0.39, 0.29) is 13.2 Å². The van der Waals surface area contributed by atoms with E-state index in [4.69, 9.17) is 15.2 Å². The maximum absolute atomic E-state index is 11.7. The van der Waals surface area contributed by atoms with Crippen molar-refractivity contribution in [2.75, 3.05) is 12.3 Å². The van der Waals surface area contributed by atoms with Crippen LogP contribution in [0.4, 0.5) is 5.69 Å². The van der Waals surface area contributed by atoms with Crippen LogP contribution < -0.4 is 10.5 Å². The first-order chi connectivity index (χ1) is 9.99. The lowest BCUT2D eigenvalue weighted by atomic mass is 10.3. The van der Waals surface area contributed by atoms with Crippen molar-refractivity contribution in [2.45, 2.75) is 13.5 Å². The zero-order chi connectivity index (χ0) is 15.4. The minimum Gasteiger partial charge on any atom is -0.480 e. The van der Waals surface area contributed by atoms with Gasteiger partial charge in [0.05, 0.1) is 21.5 Å². The number of para-hydroxylation sites is 2. The number of benzene rings is 1. The van der Waals surface area contributed by atoms with Gasteiger partial charge in [0.25, 0.3) is 0 Å². The fourth-order valence-electron chi connectivity index (χ4n) is 1.78. The van der Waals surface area contributed by atoms with E-state index in [2.05, 4.69) is 21.0 Å². The van der Waals surface area contributed by atoms with Crippen LogP contribution in [0, 0.1) is 6.92 Å².